The topological polar surface area (TPSA) is 61.4 Å². The third kappa shape index (κ3) is 5.60. The summed E-state index contributed by atoms with van der Waals surface area (Å²) in [4.78, 5) is 11.0. The van der Waals surface area contributed by atoms with Gasteiger partial charge in [-0.15, -0.1) is 0 Å². The first-order valence-electron chi connectivity index (χ1n) is 4.72. The van der Waals surface area contributed by atoms with Gasteiger partial charge in [0.05, 0.1) is 13.2 Å². The van der Waals surface area contributed by atoms with Crippen molar-refractivity contribution < 1.29 is 9.90 Å². The van der Waals surface area contributed by atoms with Gasteiger partial charge in [0.2, 0.25) is 5.91 Å². The largest absolute Gasteiger partial charge is 0.395 e. The van der Waals surface area contributed by atoms with Gasteiger partial charge in [-0.05, 0) is 12.8 Å². The molecule has 0 radical (unpaired) electrons. The monoisotopic (exact) mass is 188 g/mol. The van der Waals surface area contributed by atoms with E-state index in [1.165, 1.54) is 0 Å². The Hall–Kier alpha value is -0.610. The number of hydrogen-bond donors (Lipinski definition) is 3. The molecule has 0 unspecified atom stereocenters. The van der Waals surface area contributed by atoms with Crippen LogP contribution in [0.2, 0.25) is 0 Å². The molecular formula is C9H20N2O2. The molecule has 0 aliphatic heterocycles. The van der Waals surface area contributed by atoms with Crippen molar-refractivity contribution in [3.05, 3.63) is 0 Å². The van der Waals surface area contributed by atoms with Crippen LogP contribution in [0.3, 0.4) is 0 Å². The predicted octanol–water partition coefficient (Wildman–Crippen LogP) is -0.271. The van der Waals surface area contributed by atoms with Crippen LogP contribution in [-0.2, 0) is 4.79 Å². The number of nitrogens with one attached hydrogen (secondary N) is 2. The summed E-state index contributed by atoms with van der Waals surface area (Å²) in [5.41, 5.74) is 0. The zero-order valence-electron chi connectivity index (χ0n) is 8.63. The van der Waals surface area contributed by atoms with Crippen LogP contribution in [0, 0.1) is 5.92 Å². The van der Waals surface area contributed by atoms with Crippen LogP contribution in [0.25, 0.3) is 0 Å². The first-order valence-corrected chi connectivity index (χ1v) is 4.72. The van der Waals surface area contributed by atoms with Crippen molar-refractivity contribution in [3.63, 3.8) is 0 Å². The van der Waals surface area contributed by atoms with Crippen LogP contribution in [-0.4, -0.2) is 36.8 Å². The number of aliphatic hydroxyl groups is 1. The second kappa shape index (κ2) is 6.86. The van der Waals surface area contributed by atoms with Crippen LogP contribution in [0.15, 0.2) is 0 Å². The van der Waals surface area contributed by atoms with E-state index in [2.05, 4.69) is 10.6 Å². The Morgan fingerprint density at radius 2 is 2.08 bits per heavy atom. The summed E-state index contributed by atoms with van der Waals surface area (Å²) in [6, 6.07) is 0.00241. The molecule has 0 aliphatic carbocycles. The van der Waals surface area contributed by atoms with Gasteiger partial charge in [-0.2, -0.15) is 0 Å². The standard InChI is InChI=1S/C9H20N2O2/c1-4-10-9(13)5-11-8(6-12)7(2)3/h7-8,11-12H,4-6H2,1-3H3,(H,10,13)/t8-/m1/s1. The molecule has 0 saturated heterocycles. The lowest BCUT2D eigenvalue weighted by Crippen LogP contribution is -2.43. The fourth-order valence-corrected chi connectivity index (χ4v) is 0.995. The number of likely N-dealkylation sites (N-methyl/N-ethyl adjacent to an activating group) is 1. The van der Waals surface area contributed by atoms with E-state index in [4.69, 9.17) is 5.11 Å². The molecule has 0 bridgehead atoms. The quantitative estimate of drug-likeness (QED) is 0.537. The van der Waals surface area contributed by atoms with Crippen molar-refractivity contribution >= 4 is 5.91 Å². The van der Waals surface area contributed by atoms with Crippen molar-refractivity contribution in [2.45, 2.75) is 26.8 Å². The van der Waals surface area contributed by atoms with Gasteiger partial charge in [-0.1, -0.05) is 13.8 Å². The van der Waals surface area contributed by atoms with Gasteiger partial charge in [0.25, 0.3) is 0 Å². The van der Waals surface area contributed by atoms with Crippen LogP contribution in [0.5, 0.6) is 0 Å². The summed E-state index contributed by atoms with van der Waals surface area (Å²) < 4.78 is 0. The molecule has 0 heterocycles. The second-order valence-electron chi connectivity index (χ2n) is 3.37. The minimum absolute atomic E-state index is 0.00241. The number of carbonyl (C=O) groups excluding carboxylic acids is 1. The van der Waals surface area contributed by atoms with E-state index in [0.29, 0.717) is 12.5 Å². The predicted molar refractivity (Wildman–Crippen MR) is 52.4 cm³/mol. The summed E-state index contributed by atoms with van der Waals surface area (Å²) >= 11 is 0. The number of amides is 1. The van der Waals surface area contributed by atoms with Crippen molar-refractivity contribution in [2.24, 2.45) is 5.92 Å². The zero-order valence-corrected chi connectivity index (χ0v) is 8.63. The van der Waals surface area contributed by atoms with Crippen molar-refractivity contribution in [3.8, 4) is 0 Å². The molecule has 1 atom stereocenters. The first kappa shape index (κ1) is 12.4. The van der Waals surface area contributed by atoms with E-state index >= 15 is 0 Å². The summed E-state index contributed by atoms with van der Waals surface area (Å²) in [5, 5.41) is 14.6. The normalized spacial score (nSPS) is 13.0. The fraction of sp³-hybridized carbons (Fsp3) is 0.889. The van der Waals surface area contributed by atoms with Gasteiger partial charge in [0.1, 0.15) is 0 Å². The zero-order chi connectivity index (χ0) is 10.3. The molecule has 1 amide bonds. The molecule has 0 aromatic carbocycles. The maximum Gasteiger partial charge on any atom is 0.233 e. The van der Waals surface area contributed by atoms with E-state index in [-0.39, 0.29) is 25.1 Å². The molecule has 0 fully saturated rings. The number of rotatable bonds is 6. The fourth-order valence-electron chi connectivity index (χ4n) is 0.995. The maximum absolute atomic E-state index is 11.0. The molecule has 78 valence electrons. The van der Waals surface area contributed by atoms with Gasteiger partial charge in [0, 0.05) is 12.6 Å². The minimum atomic E-state index is -0.0263. The Morgan fingerprint density at radius 1 is 1.46 bits per heavy atom. The van der Waals surface area contributed by atoms with E-state index in [1.54, 1.807) is 0 Å². The Balaban J connectivity index is 3.65. The molecule has 3 N–H and O–H groups in total. The molecule has 4 nitrogen and oxygen atoms in total. The van der Waals surface area contributed by atoms with E-state index in [9.17, 15) is 4.79 Å². The Morgan fingerprint density at radius 3 is 2.46 bits per heavy atom. The van der Waals surface area contributed by atoms with E-state index in [1.807, 2.05) is 20.8 Å². The molecule has 0 aliphatic rings. The molecule has 4 heteroatoms. The summed E-state index contributed by atoms with van der Waals surface area (Å²) in [6.07, 6.45) is 0. The highest BCUT2D eigenvalue weighted by Gasteiger charge is 2.12. The first-order chi connectivity index (χ1) is 6.11. The van der Waals surface area contributed by atoms with Crippen molar-refractivity contribution in [2.75, 3.05) is 19.7 Å². The highest BCUT2D eigenvalue weighted by molar-refractivity contribution is 5.77. The summed E-state index contributed by atoms with van der Waals surface area (Å²) in [7, 11) is 0. The molecule has 0 saturated carbocycles. The Kier molecular flexibility index (Phi) is 6.54. The SMILES string of the molecule is CCNC(=O)CN[C@H](CO)C(C)C. The second-order valence-corrected chi connectivity index (χ2v) is 3.37. The smallest absolute Gasteiger partial charge is 0.233 e. The third-order valence-electron chi connectivity index (χ3n) is 1.90. The van der Waals surface area contributed by atoms with Gasteiger partial charge >= 0.3 is 0 Å². The highest BCUT2D eigenvalue weighted by atomic mass is 16.3. The number of aliphatic hydroxyl groups excluding tert-OH is 1. The van der Waals surface area contributed by atoms with Crippen LogP contribution >= 0.6 is 0 Å². The number of hydrogen-bond acceptors (Lipinski definition) is 3. The molecule has 13 heavy (non-hydrogen) atoms. The van der Waals surface area contributed by atoms with E-state index < -0.39 is 0 Å². The average molecular weight is 188 g/mol. The van der Waals surface area contributed by atoms with Crippen molar-refractivity contribution in [1.29, 1.82) is 0 Å². The summed E-state index contributed by atoms with van der Waals surface area (Å²) in [5.74, 6) is 0.307. The number of carbonyl (C=O) groups is 1. The summed E-state index contributed by atoms with van der Waals surface area (Å²) in [6.45, 7) is 6.88. The Labute approximate surface area is 79.7 Å². The average Bonchev–Trinajstić information content (AvgIpc) is 2.05. The molecule has 0 aromatic rings. The van der Waals surface area contributed by atoms with Gasteiger partial charge in [-0.25, -0.2) is 0 Å². The van der Waals surface area contributed by atoms with E-state index in [0.717, 1.165) is 0 Å². The lowest BCUT2D eigenvalue weighted by atomic mass is 10.1. The van der Waals surface area contributed by atoms with Gasteiger partial charge in [0.15, 0.2) is 0 Å². The molecular weight excluding hydrogens is 168 g/mol. The lowest BCUT2D eigenvalue weighted by molar-refractivity contribution is -0.120. The van der Waals surface area contributed by atoms with Gasteiger partial charge < -0.3 is 15.7 Å². The van der Waals surface area contributed by atoms with Crippen molar-refractivity contribution in [1.82, 2.24) is 10.6 Å². The molecule has 0 rings (SSSR count). The lowest BCUT2D eigenvalue weighted by Gasteiger charge is -2.19. The van der Waals surface area contributed by atoms with Crippen LogP contribution in [0.1, 0.15) is 20.8 Å². The molecule has 0 spiro atoms. The maximum atomic E-state index is 11.0. The highest BCUT2D eigenvalue weighted by Crippen LogP contribution is 1.99. The Bertz CT molecular complexity index is 149. The minimum Gasteiger partial charge on any atom is -0.395 e. The molecule has 0 aromatic heterocycles. The van der Waals surface area contributed by atoms with Crippen LogP contribution in [0.4, 0.5) is 0 Å². The van der Waals surface area contributed by atoms with Gasteiger partial charge in [-0.3, -0.25) is 4.79 Å². The van der Waals surface area contributed by atoms with Crippen LogP contribution < -0.4 is 10.6 Å². The third-order valence-corrected chi connectivity index (χ3v) is 1.90.